The van der Waals surface area contributed by atoms with Crippen molar-refractivity contribution in [2.75, 3.05) is 37.4 Å². The van der Waals surface area contributed by atoms with Crippen LogP contribution in [0.5, 0.6) is 0 Å². The van der Waals surface area contributed by atoms with Gasteiger partial charge in [-0.25, -0.2) is 9.97 Å². The smallest absolute Gasteiger partial charge is 0.131 e. The first kappa shape index (κ1) is 14.7. The molecule has 1 heterocycles. The van der Waals surface area contributed by atoms with Crippen LogP contribution in [0, 0.1) is 6.92 Å². The number of anilines is 2. The van der Waals surface area contributed by atoms with Crippen LogP contribution in [-0.4, -0.2) is 36.8 Å². The third-order valence-electron chi connectivity index (χ3n) is 2.54. The molecular weight excluding hydrogens is 228 g/mol. The van der Waals surface area contributed by atoms with Crippen LogP contribution in [0.3, 0.4) is 0 Å². The summed E-state index contributed by atoms with van der Waals surface area (Å²) in [6.45, 7) is 6.48. The minimum absolute atomic E-state index is 0.669. The van der Waals surface area contributed by atoms with E-state index in [9.17, 15) is 0 Å². The topological polar surface area (TPSA) is 59.1 Å². The highest BCUT2D eigenvalue weighted by molar-refractivity contribution is 5.47. The Kier molecular flexibility index (Phi) is 7.10. The molecule has 0 saturated carbocycles. The summed E-state index contributed by atoms with van der Waals surface area (Å²) in [4.78, 5) is 8.70. The van der Waals surface area contributed by atoms with Gasteiger partial charge in [-0.1, -0.05) is 19.8 Å². The van der Waals surface area contributed by atoms with E-state index in [1.54, 1.807) is 7.11 Å². The molecular formula is C13H24N4O. The highest BCUT2D eigenvalue weighted by atomic mass is 16.5. The second-order valence-electron chi connectivity index (χ2n) is 4.24. The van der Waals surface area contributed by atoms with E-state index < -0.39 is 0 Å². The molecule has 0 radical (unpaired) electrons. The van der Waals surface area contributed by atoms with Crippen LogP contribution in [0.4, 0.5) is 11.6 Å². The van der Waals surface area contributed by atoms with E-state index in [2.05, 4.69) is 27.5 Å². The quantitative estimate of drug-likeness (QED) is 0.661. The van der Waals surface area contributed by atoms with Gasteiger partial charge in [0.05, 0.1) is 6.61 Å². The van der Waals surface area contributed by atoms with Crippen molar-refractivity contribution < 1.29 is 4.74 Å². The van der Waals surface area contributed by atoms with E-state index in [0.717, 1.165) is 30.5 Å². The second-order valence-corrected chi connectivity index (χ2v) is 4.24. The van der Waals surface area contributed by atoms with Gasteiger partial charge >= 0.3 is 0 Å². The average molecular weight is 252 g/mol. The highest BCUT2D eigenvalue weighted by Crippen LogP contribution is 2.11. The lowest BCUT2D eigenvalue weighted by Gasteiger charge is -2.09. The monoisotopic (exact) mass is 252 g/mol. The van der Waals surface area contributed by atoms with Crippen LogP contribution < -0.4 is 10.6 Å². The Balaban J connectivity index is 2.46. The number of methoxy groups -OCH3 is 1. The van der Waals surface area contributed by atoms with Crippen molar-refractivity contribution in [3.8, 4) is 0 Å². The molecule has 5 heteroatoms. The molecule has 0 aromatic carbocycles. The number of unbranched alkanes of at least 4 members (excludes halogenated alkanes) is 2. The summed E-state index contributed by atoms with van der Waals surface area (Å²) >= 11 is 0. The molecule has 1 aromatic heterocycles. The number of aryl methyl sites for hydroxylation is 1. The maximum absolute atomic E-state index is 4.99. The molecule has 0 saturated heterocycles. The van der Waals surface area contributed by atoms with E-state index in [4.69, 9.17) is 4.74 Å². The molecule has 0 spiro atoms. The Hall–Kier alpha value is -1.36. The molecule has 0 amide bonds. The van der Waals surface area contributed by atoms with Crippen molar-refractivity contribution >= 4 is 11.6 Å². The predicted octanol–water partition coefficient (Wildman–Crippen LogP) is 2.45. The number of aromatic nitrogens is 2. The number of hydrogen-bond acceptors (Lipinski definition) is 5. The predicted molar refractivity (Wildman–Crippen MR) is 75.1 cm³/mol. The summed E-state index contributed by atoms with van der Waals surface area (Å²) in [7, 11) is 1.69. The van der Waals surface area contributed by atoms with Gasteiger partial charge in [-0.05, 0) is 13.3 Å². The standard InChI is InChI=1S/C13H24N4O/c1-4-5-6-7-14-12-10-13(15-8-9-18-3)17-11(2)16-12/h10H,4-9H2,1-3H3,(H2,14,15,16,17). The fourth-order valence-electron chi connectivity index (χ4n) is 1.62. The third kappa shape index (κ3) is 5.82. The zero-order chi connectivity index (χ0) is 13.2. The van der Waals surface area contributed by atoms with Gasteiger partial charge in [0, 0.05) is 26.3 Å². The number of nitrogens with one attached hydrogen (secondary N) is 2. The van der Waals surface area contributed by atoms with Crippen LogP contribution in [-0.2, 0) is 4.74 Å². The third-order valence-corrected chi connectivity index (χ3v) is 2.54. The summed E-state index contributed by atoms with van der Waals surface area (Å²) in [6, 6.07) is 1.94. The van der Waals surface area contributed by atoms with Crippen LogP contribution in [0.25, 0.3) is 0 Å². The normalized spacial score (nSPS) is 10.4. The Labute approximate surface area is 109 Å². The van der Waals surface area contributed by atoms with E-state index in [-0.39, 0.29) is 0 Å². The molecule has 0 aliphatic carbocycles. The van der Waals surface area contributed by atoms with Crippen molar-refractivity contribution in [3.63, 3.8) is 0 Å². The van der Waals surface area contributed by atoms with E-state index >= 15 is 0 Å². The maximum atomic E-state index is 4.99. The van der Waals surface area contributed by atoms with Gasteiger partial charge in [0.1, 0.15) is 17.5 Å². The molecule has 0 bridgehead atoms. The molecule has 0 fully saturated rings. The molecule has 102 valence electrons. The van der Waals surface area contributed by atoms with Crippen LogP contribution >= 0.6 is 0 Å². The van der Waals surface area contributed by atoms with Crippen molar-refractivity contribution in [1.82, 2.24) is 9.97 Å². The van der Waals surface area contributed by atoms with E-state index in [0.29, 0.717) is 6.61 Å². The molecule has 1 rings (SSSR count). The lowest BCUT2D eigenvalue weighted by Crippen LogP contribution is -2.11. The summed E-state index contributed by atoms with van der Waals surface area (Å²) < 4.78 is 4.99. The Morgan fingerprint density at radius 3 is 2.39 bits per heavy atom. The minimum Gasteiger partial charge on any atom is -0.383 e. The number of nitrogens with zero attached hydrogens (tertiary/aromatic N) is 2. The van der Waals surface area contributed by atoms with Crippen molar-refractivity contribution in [3.05, 3.63) is 11.9 Å². The molecule has 0 aliphatic heterocycles. The molecule has 1 aromatic rings. The largest absolute Gasteiger partial charge is 0.383 e. The Bertz CT molecular complexity index is 344. The summed E-state index contributed by atoms with van der Waals surface area (Å²) in [5.74, 6) is 2.51. The van der Waals surface area contributed by atoms with E-state index in [1.807, 2.05) is 13.0 Å². The number of rotatable bonds is 9. The van der Waals surface area contributed by atoms with Crippen molar-refractivity contribution in [2.24, 2.45) is 0 Å². The first-order valence-corrected chi connectivity index (χ1v) is 6.58. The molecule has 5 nitrogen and oxygen atoms in total. The first-order valence-electron chi connectivity index (χ1n) is 6.58. The lowest BCUT2D eigenvalue weighted by atomic mass is 10.2. The van der Waals surface area contributed by atoms with Gasteiger partial charge in [0.25, 0.3) is 0 Å². The molecule has 18 heavy (non-hydrogen) atoms. The Morgan fingerprint density at radius 1 is 1.11 bits per heavy atom. The first-order chi connectivity index (χ1) is 8.76. The van der Waals surface area contributed by atoms with Crippen LogP contribution in [0.15, 0.2) is 6.07 Å². The van der Waals surface area contributed by atoms with Gasteiger partial charge < -0.3 is 15.4 Å². The lowest BCUT2D eigenvalue weighted by molar-refractivity contribution is 0.210. The fourth-order valence-corrected chi connectivity index (χ4v) is 1.62. The van der Waals surface area contributed by atoms with E-state index in [1.165, 1.54) is 19.3 Å². The Morgan fingerprint density at radius 2 is 1.78 bits per heavy atom. The zero-order valence-electron chi connectivity index (χ0n) is 11.6. The van der Waals surface area contributed by atoms with Crippen LogP contribution in [0.2, 0.25) is 0 Å². The molecule has 0 aliphatic rings. The van der Waals surface area contributed by atoms with Gasteiger partial charge in [-0.15, -0.1) is 0 Å². The van der Waals surface area contributed by atoms with Crippen molar-refractivity contribution in [1.29, 1.82) is 0 Å². The average Bonchev–Trinajstić information content (AvgIpc) is 2.34. The number of ether oxygens (including phenoxy) is 1. The molecule has 0 unspecified atom stereocenters. The SMILES string of the molecule is CCCCCNc1cc(NCCOC)nc(C)n1. The minimum atomic E-state index is 0.669. The number of hydrogen-bond donors (Lipinski definition) is 2. The molecule has 0 atom stereocenters. The van der Waals surface area contributed by atoms with Gasteiger partial charge in [0.15, 0.2) is 0 Å². The molecule has 2 N–H and O–H groups in total. The van der Waals surface area contributed by atoms with Gasteiger partial charge in [-0.2, -0.15) is 0 Å². The fraction of sp³-hybridized carbons (Fsp3) is 0.692. The summed E-state index contributed by atoms with van der Waals surface area (Å²) in [5, 5.41) is 6.54. The van der Waals surface area contributed by atoms with Crippen molar-refractivity contribution in [2.45, 2.75) is 33.1 Å². The zero-order valence-corrected chi connectivity index (χ0v) is 11.6. The second kappa shape index (κ2) is 8.69. The summed E-state index contributed by atoms with van der Waals surface area (Å²) in [5.41, 5.74) is 0. The summed E-state index contributed by atoms with van der Waals surface area (Å²) in [6.07, 6.45) is 3.65. The maximum Gasteiger partial charge on any atom is 0.131 e. The van der Waals surface area contributed by atoms with Gasteiger partial charge in [-0.3, -0.25) is 0 Å². The highest BCUT2D eigenvalue weighted by Gasteiger charge is 2.00. The van der Waals surface area contributed by atoms with Gasteiger partial charge in [0.2, 0.25) is 0 Å². The van der Waals surface area contributed by atoms with Crippen LogP contribution in [0.1, 0.15) is 32.0 Å².